The number of nitrogens with zero attached hydrogens (tertiary/aromatic N) is 1. The van der Waals surface area contributed by atoms with Gasteiger partial charge in [0.15, 0.2) is 0 Å². The Kier molecular flexibility index (Phi) is 5.57. The molecule has 0 saturated carbocycles. The molecule has 4 rings (SSSR count). The molecule has 2 aliphatic carbocycles. The van der Waals surface area contributed by atoms with Gasteiger partial charge < -0.3 is 0 Å². The van der Waals surface area contributed by atoms with E-state index < -0.39 is 0 Å². The average Bonchev–Trinajstić information content (AvgIpc) is 3.19. The van der Waals surface area contributed by atoms with Gasteiger partial charge in [-0.2, -0.15) is 0 Å². The molecule has 0 aromatic heterocycles. The van der Waals surface area contributed by atoms with Crippen LogP contribution >= 0.6 is 23.7 Å². The van der Waals surface area contributed by atoms with Crippen LogP contribution in [0.4, 0.5) is 0 Å². The van der Waals surface area contributed by atoms with E-state index in [0.29, 0.717) is 0 Å². The van der Waals surface area contributed by atoms with Crippen molar-refractivity contribution in [3.63, 3.8) is 0 Å². The lowest BCUT2D eigenvalue weighted by Crippen LogP contribution is -1.73. The third-order valence-corrected chi connectivity index (χ3v) is 5.15. The maximum Gasteiger partial charge on any atom is 0.0377 e. The third-order valence-electron chi connectivity index (χ3n) is 3.23. The Morgan fingerprint density at radius 1 is 0.909 bits per heavy atom. The topological polar surface area (TPSA) is 12.4 Å². The standard InChI is InChI=1S/C10H10S.C9H7NS/c1-2-6-9(5-1)11-10-7-3-4-8-10;1-2-6-9-8(4-1)5-3-7-10-11-9/h1-5,7H,6,8H2;1-7H. The molecule has 1 aliphatic heterocycles. The summed E-state index contributed by atoms with van der Waals surface area (Å²) >= 11 is 3.43. The van der Waals surface area contributed by atoms with Crippen molar-refractivity contribution in [3.05, 3.63) is 82.2 Å². The summed E-state index contributed by atoms with van der Waals surface area (Å²) in [4.78, 5) is 4.16. The zero-order valence-corrected chi connectivity index (χ0v) is 13.8. The summed E-state index contributed by atoms with van der Waals surface area (Å²) in [6.45, 7) is 0. The van der Waals surface area contributed by atoms with Crippen LogP contribution in [0.1, 0.15) is 18.4 Å². The minimum atomic E-state index is 1.13. The summed E-state index contributed by atoms with van der Waals surface area (Å²) in [6.07, 6.45) is 21.1. The van der Waals surface area contributed by atoms with Crippen molar-refractivity contribution in [2.45, 2.75) is 17.7 Å². The number of hydrogen-bond acceptors (Lipinski definition) is 3. The first-order valence-corrected chi connectivity index (χ1v) is 8.86. The van der Waals surface area contributed by atoms with Gasteiger partial charge in [-0.25, -0.2) is 4.40 Å². The van der Waals surface area contributed by atoms with Crippen molar-refractivity contribution >= 4 is 36.0 Å². The SMILES string of the molecule is C1=CCC(SC2=CC=CC2)=C1.C1=Cc2ccccc2SN=C1. The fourth-order valence-electron chi connectivity index (χ4n) is 2.15. The molecule has 1 heterocycles. The monoisotopic (exact) mass is 323 g/mol. The molecule has 3 aliphatic rings. The van der Waals surface area contributed by atoms with Crippen molar-refractivity contribution in [2.75, 3.05) is 0 Å². The minimum absolute atomic E-state index is 1.13. The number of benzene rings is 1. The van der Waals surface area contributed by atoms with Gasteiger partial charge in [0, 0.05) is 23.1 Å². The van der Waals surface area contributed by atoms with Crippen molar-refractivity contribution in [3.8, 4) is 0 Å². The van der Waals surface area contributed by atoms with E-state index in [4.69, 9.17) is 0 Å². The van der Waals surface area contributed by atoms with Crippen molar-refractivity contribution in [1.29, 1.82) is 0 Å². The van der Waals surface area contributed by atoms with E-state index in [1.807, 2.05) is 36.2 Å². The van der Waals surface area contributed by atoms with E-state index >= 15 is 0 Å². The summed E-state index contributed by atoms with van der Waals surface area (Å²) in [5.74, 6) is 0. The molecule has 0 spiro atoms. The molecule has 1 nitrogen and oxygen atoms in total. The Bertz CT molecular complexity index is 678. The first kappa shape index (κ1) is 15.2. The molecular weight excluding hydrogens is 306 g/mol. The van der Waals surface area contributed by atoms with Crippen LogP contribution in [0.3, 0.4) is 0 Å². The Balaban J connectivity index is 0.000000131. The van der Waals surface area contributed by atoms with E-state index in [1.54, 1.807) is 0 Å². The lowest BCUT2D eigenvalue weighted by Gasteiger charge is -2.00. The van der Waals surface area contributed by atoms with Crippen LogP contribution in [0.2, 0.25) is 0 Å². The third kappa shape index (κ3) is 4.39. The van der Waals surface area contributed by atoms with Gasteiger partial charge in [-0.1, -0.05) is 72.5 Å². The molecule has 110 valence electrons. The lowest BCUT2D eigenvalue weighted by atomic mass is 10.2. The van der Waals surface area contributed by atoms with Crippen LogP contribution in [0, 0.1) is 0 Å². The highest BCUT2D eigenvalue weighted by molar-refractivity contribution is 8.06. The molecule has 0 unspecified atom stereocenters. The van der Waals surface area contributed by atoms with Gasteiger partial charge in [-0.05, 0) is 40.4 Å². The summed E-state index contributed by atoms with van der Waals surface area (Å²) in [5, 5.41) is 0. The largest absolute Gasteiger partial charge is 0.219 e. The van der Waals surface area contributed by atoms with E-state index in [0.717, 1.165) is 12.8 Å². The lowest BCUT2D eigenvalue weighted by molar-refractivity contribution is 1.39. The molecule has 22 heavy (non-hydrogen) atoms. The Hall–Kier alpha value is -1.71. The highest BCUT2D eigenvalue weighted by atomic mass is 32.2. The van der Waals surface area contributed by atoms with Gasteiger partial charge in [-0.15, -0.1) is 0 Å². The van der Waals surface area contributed by atoms with Crippen molar-refractivity contribution < 1.29 is 0 Å². The second-order valence-corrected chi connectivity index (χ2v) is 6.96. The van der Waals surface area contributed by atoms with Crippen molar-refractivity contribution in [1.82, 2.24) is 0 Å². The number of rotatable bonds is 2. The van der Waals surface area contributed by atoms with Gasteiger partial charge in [0.25, 0.3) is 0 Å². The van der Waals surface area contributed by atoms with Gasteiger partial charge in [-0.3, -0.25) is 0 Å². The number of allylic oxidation sites excluding steroid dienone is 9. The Labute approximate surface area is 140 Å². The predicted molar refractivity (Wildman–Crippen MR) is 101 cm³/mol. The molecule has 1 aromatic carbocycles. The minimum Gasteiger partial charge on any atom is -0.219 e. The Morgan fingerprint density at radius 2 is 1.64 bits per heavy atom. The molecular formula is C19H17NS2. The summed E-state index contributed by atoms with van der Waals surface area (Å²) in [6, 6.07) is 8.23. The molecule has 0 bridgehead atoms. The maximum absolute atomic E-state index is 4.12. The molecule has 0 N–H and O–H groups in total. The smallest absolute Gasteiger partial charge is 0.0377 e. The molecule has 0 saturated heterocycles. The molecule has 3 heteroatoms. The van der Waals surface area contributed by atoms with Gasteiger partial charge >= 0.3 is 0 Å². The zero-order valence-electron chi connectivity index (χ0n) is 12.2. The maximum atomic E-state index is 4.12. The van der Waals surface area contributed by atoms with E-state index in [1.165, 1.54) is 32.2 Å². The number of thioether (sulfide) groups is 1. The predicted octanol–water partition coefficient (Wildman–Crippen LogP) is 6.20. The highest BCUT2D eigenvalue weighted by Crippen LogP contribution is 2.34. The van der Waals surface area contributed by atoms with Crippen LogP contribution in [-0.2, 0) is 0 Å². The van der Waals surface area contributed by atoms with Crippen LogP contribution in [0.5, 0.6) is 0 Å². The van der Waals surface area contributed by atoms with Gasteiger partial charge in [0.2, 0.25) is 0 Å². The zero-order chi connectivity index (χ0) is 15.0. The average molecular weight is 323 g/mol. The number of fused-ring (bicyclic) bond motifs is 1. The second kappa shape index (κ2) is 8.06. The van der Waals surface area contributed by atoms with Crippen LogP contribution in [-0.4, -0.2) is 6.21 Å². The summed E-state index contributed by atoms with van der Waals surface area (Å²) in [7, 11) is 0. The first-order chi connectivity index (χ1) is 10.9. The second-order valence-electron chi connectivity index (χ2n) is 4.88. The molecule has 1 aromatic rings. The van der Waals surface area contributed by atoms with Crippen LogP contribution in [0.25, 0.3) is 6.08 Å². The molecule has 0 radical (unpaired) electrons. The molecule has 0 atom stereocenters. The van der Waals surface area contributed by atoms with Crippen LogP contribution in [0.15, 0.2) is 85.9 Å². The van der Waals surface area contributed by atoms with E-state index in [2.05, 4.69) is 59.1 Å². The normalized spacial score (nSPS) is 17.5. The van der Waals surface area contributed by atoms with Crippen molar-refractivity contribution in [2.24, 2.45) is 4.40 Å². The Morgan fingerprint density at radius 3 is 2.32 bits per heavy atom. The van der Waals surface area contributed by atoms with Gasteiger partial charge in [0.05, 0.1) is 0 Å². The fourth-order valence-corrected chi connectivity index (χ4v) is 3.76. The fraction of sp³-hybridized carbons (Fsp3) is 0.105. The summed E-state index contributed by atoms with van der Waals surface area (Å²) in [5.41, 5.74) is 1.25. The van der Waals surface area contributed by atoms with E-state index in [9.17, 15) is 0 Å². The summed E-state index contributed by atoms with van der Waals surface area (Å²) < 4.78 is 4.12. The molecule has 0 amide bonds. The van der Waals surface area contributed by atoms with E-state index in [-0.39, 0.29) is 0 Å². The quantitative estimate of drug-likeness (QED) is 0.601. The van der Waals surface area contributed by atoms with Crippen LogP contribution < -0.4 is 0 Å². The first-order valence-electron chi connectivity index (χ1n) is 7.27. The van der Waals surface area contributed by atoms with Gasteiger partial charge in [0.1, 0.15) is 0 Å². The number of hydrogen-bond donors (Lipinski definition) is 0. The highest BCUT2D eigenvalue weighted by Gasteiger charge is 2.05. The molecule has 0 fully saturated rings.